The third-order valence-electron chi connectivity index (χ3n) is 2.47. The first kappa shape index (κ1) is 8.54. The molecule has 0 aromatic carbocycles. The van der Waals surface area contributed by atoms with Crippen LogP contribution < -0.4 is 5.32 Å². The van der Waals surface area contributed by atoms with E-state index in [2.05, 4.69) is 23.3 Å². The highest BCUT2D eigenvalue weighted by atomic mass is 14.9. The van der Waals surface area contributed by atoms with E-state index in [-0.39, 0.29) is 0 Å². The molecule has 1 fully saturated rings. The Morgan fingerprint density at radius 1 is 1.54 bits per heavy atom. The molecular formula is C11H16N2. The molecule has 2 rings (SSSR count). The van der Waals surface area contributed by atoms with Gasteiger partial charge >= 0.3 is 0 Å². The number of aromatic nitrogens is 1. The molecular weight excluding hydrogens is 160 g/mol. The largest absolute Gasteiger partial charge is 0.385 e. The summed E-state index contributed by atoms with van der Waals surface area (Å²) in [7, 11) is 0. The number of aryl methyl sites for hydroxylation is 1. The average molecular weight is 176 g/mol. The molecule has 1 saturated carbocycles. The van der Waals surface area contributed by atoms with Crippen LogP contribution >= 0.6 is 0 Å². The number of nitrogens with zero attached hydrogens (tertiary/aromatic N) is 1. The van der Waals surface area contributed by atoms with Crippen molar-refractivity contribution in [1.29, 1.82) is 0 Å². The summed E-state index contributed by atoms with van der Waals surface area (Å²) >= 11 is 0. The number of pyridine rings is 1. The Morgan fingerprint density at radius 2 is 2.38 bits per heavy atom. The van der Waals surface area contributed by atoms with Crippen LogP contribution in [-0.4, -0.2) is 11.5 Å². The summed E-state index contributed by atoms with van der Waals surface area (Å²) in [6.07, 6.45) is 5.70. The first-order valence-corrected chi connectivity index (χ1v) is 5.07. The average Bonchev–Trinajstić information content (AvgIpc) is 2.99. The summed E-state index contributed by atoms with van der Waals surface area (Å²) in [5, 5.41) is 3.44. The Hall–Kier alpha value is -1.05. The third kappa shape index (κ3) is 2.44. The molecule has 13 heavy (non-hydrogen) atoms. The van der Waals surface area contributed by atoms with Gasteiger partial charge in [0.2, 0.25) is 0 Å². The van der Waals surface area contributed by atoms with Gasteiger partial charge in [-0.05, 0) is 37.3 Å². The summed E-state index contributed by atoms with van der Waals surface area (Å²) in [5.41, 5.74) is 2.39. The van der Waals surface area contributed by atoms with Crippen LogP contribution in [0.5, 0.6) is 0 Å². The first-order chi connectivity index (χ1) is 6.38. The van der Waals surface area contributed by atoms with Gasteiger partial charge in [-0.25, -0.2) is 0 Å². The van der Waals surface area contributed by atoms with Gasteiger partial charge in [0.05, 0.1) is 0 Å². The molecule has 0 unspecified atom stereocenters. The summed E-state index contributed by atoms with van der Waals surface area (Å²) in [6, 6.07) is 4.18. The lowest BCUT2D eigenvalue weighted by Crippen LogP contribution is -2.03. The van der Waals surface area contributed by atoms with Crippen molar-refractivity contribution in [2.24, 2.45) is 5.92 Å². The molecule has 0 saturated heterocycles. The van der Waals surface area contributed by atoms with E-state index in [9.17, 15) is 0 Å². The summed E-state index contributed by atoms with van der Waals surface area (Å²) in [5.74, 6) is 0.929. The molecule has 0 spiro atoms. The maximum atomic E-state index is 4.26. The monoisotopic (exact) mass is 176 g/mol. The van der Waals surface area contributed by atoms with Crippen molar-refractivity contribution in [1.82, 2.24) is 4.98 Å². The molecule has 0 aliphatic heterocycles. The van der Waals surface area contributed by atoms with Gasteiger partial charge in [-0.15, -0.1) is 0 Å². The Morgan fingerprint density at radius 3 is 3.08 bits per heavy atom. The maximum Gasteiger partial charge on any atom is 0.0421 e. The second kappa shape index (κ2) is 3.77. The van der Waals surface area contributed by atoms with Gasteiger partial charge in [0.1, 0.15) is 0 Å². The standard InChI is InChI=1S/C11H16N2/c1-2-10-7-11(5-6-12-10)13-8-9-3-4-9/h5-7,9H,2-4,8H2,1H3,(H,12,13). The number of nitrogens with one attached hydrogen (secondary N) is 1. The van der Waals surface area contributed by atoms with E-state index < -0.39 is 0 Å². The minimum absolute atomic E-state index is 0.929. The first-order valence-electron chi connectivity index (χ1n) is 5.07. The van der Waals surface area contributed by atoms with E-state index in [1.165, 1.54) is 24.2 Å². The smallest absolute Gasteiger partial charge is 0.0421 e. The highest BCUT2D eigenvalue weighted by molar-refractivity contribution is 5.43. The SMILES string of the molecule is CCc1cc(NCC2CC2)ccn1. The van der Waals surface area contributed by atoms with Crippen molar-refractivity contribution >= 4 is 5.69 Å². The zero-order valence-electron chi connectivity index (χ0n) is 8.09. The normalized spacial score (nSPS) is 15.8. The molecule has 0 atom stereocenters. The molecule has 2 heteroatoms. The van der Waals surface area contributed by atoms with E-state index in [0.717, 1.165) is 18.9 Å². The van der Waals surface area contributed by atoms with Crippen molar-refractivity contribution < 1.29 is 0 Å². The summed E-state index contributed by atoms with van der Waals surface area (Å²) < 4.78 is 0. The quantitative estimate of drug-likeness (QED) is 0.762. The van der Waals surface area contributed by atoms with Crippen LogP contribution in [0.25, 0.3) is 0 Å². The van der Waals surface area contributed by atoms with E-state index in [4.69, 9.17) is 0 Å². The summed E-state index contributed by atoms with van der Waals surface area (Å²) in [4.78, 5) is 4.26. The van der Waals surface area contributed by atoms with Gasteiger partial charge in [0.25, 0.3) is 0 Å². The highest BCUT2D eigenvalue weighted by Crippen LogP contribution is 2.28. The fourth-order valence-corrected chi connectivity index (χ4v) is 1.37. The number of anilines is 1. The van der Waals surface area contributed by atoms with Crippen molar-refractivity contribution in [2.45, 2.75) is 26.2 Å². The molecule has 1 aliphatic carbocycles. The van der Waals surface area contributed by atoms with Crippen molar-refractivity contribution in [3.63, 3.8) is 0 Å². The zero-order valence-corrected chi connectivity index (χ0v) is 8.09. The van der Waals surface area contributed by atoms with Crippen LogP contribution in [0.4, 0.5) is 5.69 Å². The van der Waals surface area contributed by atoms with Crippen LogP contribution in [0.3, 0.4) is 0 Å². The highest BCUT2D eigenvalue weighted by Gasteiger charge is 2.20. The van der Waals surface area contributed by atoms with Gasteiger partial charge in [-0.2, -0.15) is 0 Å². The molecule has 1 aromatic rings. The second-order valence-electron chi connectivity index (χ2n) is 3.71. The molecule has 0 amide bonds. The van der Waals surface area contributed by atoms with Gasteiger partial charge in [-0.1, -0.05) is 6.92 Å². The second-order valence-corrected chi connectivity index (χ2v) is 3.71. The molecule has 0 bridgehead atoms. The Balaban J connectivity index is 1.93. The van der Waals surface area contributed by atoms with E-state index >= 15 is 0 Å². The topological polar surface area (TPSA) is 24.9 Å². The van der Waals surface area contributed by atoms with Crippen LogP contribution in [-0.2, 0) is 6.42 Å². The number of rotatable bonds is 4. The predicted octanol–water partition coefficient (Wildman–Crippen LogP) is 2.47. The lowest BCUT2D eigenvalue weighted by molar-refractivity contribution is 0.887. The Bertz CT molecular complexity index is 279. The maximum absolute atomic E-state index is 4.26. The van der Waals surface area contributed by atoms with Crippen LogP contribution in [0, 0.1) is 5.92 Å². The van der Waals surface area contributed by atoms with Gasteiger partial charge in [0, 0.05) is 24.1 Å². The molecule has 1 aromatic heterocycles. The van der Waals surface area contributed by atoms with Crippen molar-refractivity contribution in [3.8, 4) is 0 Å². The molecule has 1 aliphatic rings. The molecule has 2 nitrogen and oxygen atoms in total. The van der Waals surface area contributed by atoms with E-state index in [0.29, 0.717) is 0 Å². The Kier molecular flexibility index (Phi) is 2.48. The predicted molar refractivity (Wildman–Crippen MR) is 54.8 cm³/mol. The summed E-state index contributed by atoms with van der Waals surface area (Å²) in [6.45, 7) is 3.26. The fourth-order valence-electron chi connectivity index (χ4n) is 1.37. The van der Waals surface area contributed by atoms with Gasteiger partial charge in [-0.3, -0.25) is 4.98 Å². The number of hydrogen-bond donors (Lipinski definition) is 1. The zero-order chi connectivity index (χ0) is 9.10. The third-order valence-corrected chi connectivity index (χ3v) is 2.47. The molecule has 1 N–H and O–H groups in total. The van der Waals surface area contributed by atoms with Crippen LogP contribution in [0.2, 0.25) is 0 Å². The van der Waals surface area contributed by atoms with Gasteiger partial charge in [0.15, 0.2) is 0 Å². The lowest BCUT2D eigenvalue weighted by Gasteiger charge is -2.05. The number of hydrogen-bond acceptors (Lipinski definition) is 2. The minimum Gasteiger partial charge on any atom is -0.385 e. The Labute approximate surface area is 79.4 Å². The molecule has 70 valence electrons. The van der Waals surface area contributed by atoms with E-state index in [1.54, 1.807) is 0 Å². The van der Waals surface area contributed by atoms with E-state index in [1.807, 2.05) is 12.3 Å². The van der Waals surface area contributed by atoms with Gasteiger partial charge < -0.3 is 5.32 Å². The van der Waals surface area contributed by atoms with Crippen molar-refractivity contribution in [2.75, 3.05) is 11.9 Å². The van der Waals surface area contributed by atoms with Crippen LogP contribution in [0.15, 0.2) is 18.3 Å². The van der Waals surface area contributed by atoms with Crippen molar-refractivity contribution in [3.05, 3.63) is 24.0 Å². The fraction of sp³-hybridized carbons (Fsp3) is 0.545. The lowest BCUT2D eigenvalue weighted by atomic mass is 10.2. The van der Waals surface area contributed by atoms with Crippen LogP contribution in [0.1, 0.15) is 25.5 Å². The minimum atomic E-state index is 0.929. The molecule has 0 radical (unpaired) electrons. The molecule has 1 heterocycles.